The molecule has 1 aromatic heterocycles. The zero-order valence-corrected chi connectivity index (χ0v) is 13.2. The van der Waals surface area contributed by atoms with E-state index in [1.165, 1.54) is 6.20 Å². The second kappa shape index (κ2) is 6.37. The maximum Gasteiger partial charge on any atom is 0.253 e. The number of carbonyl (C=O) groups excluding carboxylic acids is 1. The molecule has 1 aliphatic heterocycles. The fourth-order valence-electron chi connectivity index (χ4n) is 2.50. The normalized spacial score (nSPS) is 19.2. The van der Waals surface area contributed by atoms with Crippen molar-refractivity contribution in [3.63, 3.8) is 0 Å². The van der Waals surface area contributed by atoms with Crippen molar-refractivity contribution < 1.29 is 13.2 Å². The molecule has 1 unspecified atom stereocenters. The maximum atomic E-state index is 12.2. The van der Waals surface area contributed by atoms with Crippen LogP contribution in [0, 0.1) is 0 Å². The van der Waals surface area contributed by atoms with Gasteiger partial charge in [0.1, 0.15) is 0 Å². The molecule has 1 atom stereocenters. The third-order valence-corrected chi connectivity index (χ3v) is 5.40. The number of amides is 1. The first-order valence-corrected chi connectivity index (χ1v) is 9.12. The van der Waals surface area contributed by atoms with E-state index in [0.29, 0.717) is 17.7 Å². The Morgan fingerprint density at radius 1 is 1.13 bits per heavy atom. The standard InChI is InChI=1S/C16H17N3O3S/c20-16(19-14-6-7-23(21,22)11-14)12-8-15(10-17-9-12)18-13-4-2-1-3-5-13/h1-5,8-10,14,18H,6-7,11H2,(H,19,20). The third kappa shape index (κ3) is 4.07. The minimum atomic E-state index is -3.01. The van der Waals surface area contributed by atoms with Crippen molar-refractivity contribution in [2.24, 2.45) is 0 Å². The Bertz CT molecular complexity index is 806. The molecule has 120 valence electrons. The number of carbonyl (C=O) groups is 1. The maximum absolute atomic E-state index is 12.2. The number of sulfone groups is 1. The van der Waals surface area contributed by atoms with Gasteiger partial charge < -0.3 is 10.6 Å². The predicted molar refractivity (Wildman–Crippen MR) is 88.5 cm³/mol. The number of anilines is 2. The molecule has 2 heterocycles. The fourth-order valence-corrected chi connectivity index (χ4v) is 4.17. The first kappa shape index (κ1) is 15.5. The van der Waals surface area contributed by atoms with Crippen LogP contribution in [0.4, 0.5) is 11.4 Å². The van der Waals surface area contributed by atoms with Gasteiger partial charge in [0.15, 0.2) is 9.84 Å². The number of aromatic nitrogens is 1. The van der Waals surface area contributed by atoms with Crippen LogP contribution in [0.15, 0.2) is 48.8 Å². The molecule has 2 aromatic rings. The lowest BCUT2D eigenvalue weighted by molar-refractivity contribution is 0.0941. The van der Waals surface area contributed by atoms with E-state index >= 15 is 0 Å². The number of benzene rings is 1. The number of nitrogens with one attached hydrogen (secondary N) is 2. The number of hydrogen-bond donors (Lipinski definition) is 2. The van der Waals surface area contributed by atoms with Crippen LogP contribution in [0.2, 0.25) is 0 Å². The fraction of sp³-hybridized carbons (Fsp3) is 0.250. The second-order valence-electron chi connectivity index (χ2n) is 5.53. The number of rotatable bonds is 4. The molecule has 0 aliphatic carbocycles. The number of para-hydroxylation sites is 1. The first-order valence-electron chi connectivity index (χ1n) is 7.30. The van der Waals surface area contributed by atoms with Gasteiger partial charge >= 0.3 is 0 Å². The molecule has 1 aliphatic rings. The smallest absolute Gasteiger partial charge is 0.253 e. The molecule has 23 heavy (non-hydrogen) atoms. The molecule has 7 heteroatoms. The van der Waals surface area contributed by atoms with Gasteiger partial charge in [0.05, 0.1) is 29.0 Å². The molecule has 3 rings (SSSR count). The van der Waals surface area contributed by atoms with E-state index in [1.807, 2.05) is 30.3 Å². The minimum Gasteiger partial charge on any atom is -0.354 e. The Hall–Kier alpha value is -2.41. The van der Waals surface area contributed by atoms with E-state index in [9.17, 15) is 13.2 Å². The van der Waals surface area contributed by atoms with Crippen LogP contribution < -0.4 is 10.6 Å². The zero-order chi connectivity index (χ0) is 16.3. The lowest BCUT2D eigenvalue weighted by Gasteiger charge is -2.12. The van der Waals surface area contributed by atoms with Crippen LogP contribution in [0.3, 0.4) is 0 Å². The van der Waals surface area contributed by atoms with E-state index in [2.05, 4.69) is 15.6 Å². The van der Waals surface area contributed by atoms with Gasteiger partial charge in [-0.15, -0.1) is 0 Å². The SMILES string of the molecule is O=C(NC1CCS(=O)(=O)C1)c1cncc(Nc2ccccc2)c1. The molecule has 1 fully saturated rings. The van der Waals surface area contributed by atoms with Crippen molar-refractivity contribution in [1.29, 1.82) is 0 Å². The molecule has 0 spiro atoms. The van der Waals surface area contributed by atoms with Crippen molar-refractivity contribution in [3.05, 3.63) is 54.4 Å². The summed E-state index contributed by atoms with van der Waals surface area (Å²) in [4.78, 5) is 16.3. The Labute approximate surface area is 134 Å². The Kier molecular flexibility index (Phi) is 4.29. The van der Waals surface area contributed by atoms with Gasteiger partial charge in [-0.3, -0.25) is 9.78 Å². The first-order chi connectivity index (χ1) is 11.0. The summed E-state index contributed by atoms with van der Waals surface area (Å²) in [7, 11) is -3.01. The molecule has 2 N–H and O–H groups in total. The molecule has 1 aromatic carbocycles. The molecular formula is C16H17N3O3S. The third-order valence-electron chi connectivity index (χ3n) is 3.63. The van der Waals surface area contributed by atoms with E-state index < -0.39 is 9.84 Å². The highest BCUT2D eigenvalue weighted by atomic mass is 32.2. The largest absolute Gasteiger partial charge is 0.354 e. The van der Waals surface area contributed by atoms with Crippen LogP contribution in [0.1, 0.15) is 16.8 Å². The summed E-state index contributed by atoms with van der Waals surface area (Å²) in [6.07, 6.45) is 3.56. The predicted octanol–water partition coefficient (Wildman–Crippen LogP) is 1.74. The molecule has 0 bridgehead atoms. The van der Waals surface area contributed by atoms with Gasteiger partial charge in [-0.25, -0.2) is 8.42 Å². The average molecular weight is 331 g/mol. The van der Waals surface area contributed by atoms with Gasteiger partial charge in [-0.05, 0) is 24.6 Å². The van der Waals surface area contributed by atoms with Gasteiger partial charge in [0, 0.05) is 17.9 Å². The van der Waals surface area contributed by atoms with E-state index in [-0.39, 0.29) is 23.5 Å². The van der Waals surface area contributed by atoms with Gasteiger partial charge in [-0.2, -0.15) is 0 Å². The summed E-state index contributed by atoms with van der Waals surface area (Å²) >= 11 is 0. The summed E-state index contributed by atoms with van der Waals surface area (Å²) in [6.45, 7) is 0. The van der Waals surface area contributed by atoms with Gasteiger partial charge in [0.2, 0.25) is 0 Å². The Balaban J connectivity index is 1.68. The molecule has 1 amide bonds. The highest BCUT2D eigenvalue weighted by Crippen LogP contribution is 2.17. The van der Waals surface area contributed by atoms with Crippen molar-refractivity contribution in [2.75, 3.05) is 16.8 Å². The zero-order valence-electron chi connectivity index (χ0n) is 12.4. The van der Waals surface area contributed by atoms with Crippen molar-refractivity contribution in [3.8, 4) is 0 Å². The summed E-state index contributed by atoms with van der Waals surface area (Å²) in [6, 6.07) is 10.9. The summed E-state index contributed by atoms with van der Waals surface area (Å²) in [5, 5.41) is 5.92. The Morgan fingerprint density at radius 2 is 1.91 bits per heavy atom. The van der Waals surface area contributed by atoms with Gasteiger partial charge in [-0.1, -0.05) is 18.2 Å². The monoisotopic (exact) mass is 331 g/mol. The van der Waals surface area contributed by atoms with Crippen molar-refractivity contribution in [2.45, 2.75) is 12.5 Å². The molecule has 0 saturated carbocycles. The number of hydrogen-bond acceptors (Lipinski definition) is 5. The highest BCUT2D eigenvalue weighted by molar-refractivity contribution is 7.91. The minimum absolute atomic E-state index is 0.00806. The quantitative estimate of drug-likeness (QED) is 0.891. The van der Waals surface area contributed by atoms with Gasteiger partial charge in [0.25, 0.3) is 5.91 Å². The molecule has 6 nitrogen and oxygen atoms in total. The number of pyridine rings is 1. The van der Waals surface area contributed by atoms with Crippen LogP contribution >= 0.6 is 0 Å². The van der Waals surface area contributed by atoms with Crippen molar-refractivity contribution >= 4 is 27.1 Å². The Morgan fingerprint density at radius 3 is 2.61 bits per heavy atom. The second-order valence-corrected chi connectivity index (χ2v) is 7.76. The summed E-state index contributed by atoms with van der Waals surface area (Å²) in [5.41, 5.74) is 1.99. The topological polar surface area (TPSA) is 88.2 Å². The summed E-state index contributed by atoms with van der Waals surface area (Å²) in [5.74, 6) is -0.170. The lowest BCUT2D eigenvalue weighted by Crippen LogP contribution is -2.35. The lowest BCUT2D eigenvalue weighted by atomic mass is 10.2. The van der Waals surface area contributed by atoms with Crippen LogP contribution in [-0.4, -0.2) is 36.9 Å². The van der Waals surface area contributed by atoms with E-state index in [1.54, 1.807) is 12.3 Å². The average Bonchev–Trinajstić information content (AvgIpc) is 2.87. The molecular weight excluding hydrogens is 314 g/mol. The number of nitrogens with zero attached hydrogens (tertiary/aromatic N) is 1. The highest BCUT2D eigenvalue weighted by Gasteiger charge is 2.29. The van der Waals surface area contributed by atoms with Crippen molar-refractivity contribution in [1.82, 2.24) is 10.3 Å². The van der Waals surface area contributed by atoms with E-state index in [4.69, 9.17) is 0 Å². The molecule has 0 radical (unpaired) electrons. The van der Waals surface area contributed by atoms with Crippen LogP contribution in [0.5, 0.6) is 0 Å². The molecule has 1 saturated heterocycles. The summed E-state index contributed by atoms with van der Waals surface area (Å²) < 4.78 is 22.9. The van der Waals surface area contributed by atoms with Crippen LogP contribution in [-0.2, 0) is 9.84 Å². The van der Waals surface area contributed by atoms with E-state index in [0.717, 1.165) is 5.69 Å². The van der Waals surface area contributed by atoms with Crippen LogP contribution in [0.25, 0.3) is 0 Å².